The van der Waals surface area contributed by atoms with Crippen molar-refractivity contribution in [2.24, 2.45) is 0 Å². The molecule has 0 aliphatic rings. The first-order valence-electron chi connectivity index (χ1n) is 2.96. The Morgan fingerprint density at radius 1 is 0.769 bits per heavy atom. The van der Waals surface area contributed by atoms with Crippen molar-refractivity contribution in [2.75, 3.05) is 0 Å². The van der Waals surface area contributed by atoms with E-state index in [0.29, 0.717) is 0 Å². The molecule has 0 aliphatic heterocycles. The summed E-state index contributed by atoms with van der Waals surface area (Å²) in [5, 5.41) is -5.15. The van der Waals surface area contributed by atoms with E-state index in [4.69, 9.17) is 0 Å². The maximum Gasteiger partial charge on any atom is 0.404 e. The Labute approximate surface area is 79.8 Å². The highest BCUT2D eigenvalue weighted by Gasteiger charge is 2.46. The summed E-state index contributed by atoms with van der Waals surface area (Å²) >= 11 is 9.30. The van der Waals surface area contributed by atoms with E-state index in [1.807, 2.05) is 0 Å². The third-order valence-electron chi connectivity index (χ3n) is 1.12. The molecule has 0 heterocycles. The zero-order valence-corrected chi connectivity index (χ0v) is 7.40. The van der Waals surface area contributed by atoms with Gasteiger partial charge in [0.05, 0.1) is 0 Å². The van der Waals surface area contributed by atoms with Crippen LogP contribution in [-0.2, 0) is 0 Å². The van der Waals surface area contributed by atoms with Gasteiger partial charge in [-0.2, -0.15) is 26.3 Å². The Kier molecular flexibility index (Phi) is 4.18. The average Bonchev–Trinajstić information content (AvgIpc) is 1.82. The first-order chi connectivity index (χ1) is 5.55. The molecule has 8 heteroatoms. The Bertz CT molecular complexity index is 143. The quantitative estimate of drug-likeness (QED) is 0.516. The second-order valence-corrected chi connectivity index (χ2v) is 3.31. The summed E-state index contributed by atoms with van der Waals surface area (Å²) in [5.41, 5.74) is 0. The van der Waals surface area contributed by atoms with Crippen LogP contribution in [0.25, 0.3) is 0 Å². The molecule has 0 fully saturated rings. The minimum atomic E-state index is -4.86. The molecule has 0 aromatic heterocycles. The lowest BCUT2D eigenvalue weighted by atomic mass is 10.2. The molecular formula is C5H4Cl2F6. The molecule has 2 atom stereocenters. The largest absolute Gasteiger partial charge is 0.404 e. The summed E-state index contributed by atoms with van der Waals surface area (Å²) in [7, 11) is 0. The van der Waals surface area contributed by atoms with E-state index in [9.17, 15) is 26.3 Å². The van der Waals surface area contributed by atoms with Gasteiger partial charge < -0.3 is 0 Å². The SMILES string of the molecule is FC(F)(F)C(Cl)CC(Cl)C(F)(F)F. The highest BCUT2D eigenvalue weighted by Crippen LogP contribution is 2.35. The van der Waals surface area contributed by atoms with Crippen LogP contribution in [0.1, 0.15) is 6.42 Å². The van der Waals surface area contributed by atoms with Gasteiger partial charge in [0, 0.05) is 0 Å². The molecule has 0 bridgehead atoms. The molecule has 0 amide bonds. The third kappa shape index (κ3) is 4.81. The fourth-order valence-electron chi connectivity index (χ4n) is 0.449. The molecule has 0 saturated heterocycles. The van der Waals surface area contributed by atoms with Crippen molar-refractivity contribution in [3.63, 3.8) is 0 Å². The predicted molar refractivity (Wildman–Crippen MR) is 36.0 cm³/mol. The molecule has 0 aliphatic carbocycles. The zero-order chi connectivity index (χ0) is 10.9. The molecule has 0 aromatic carbocycles. The van der Waals surface area contributed by atoms with Gasteiger partial charge in [-0.05, 0) is 6.42 Å². The van der Waals surface area contributed by atoms with Gasteiger partial charge in [-0.15, -0.1) is 23.2 Å². The van der Waals surface area contributed by atoms with Crippen LogP contribution in [0.2, 0.25) is 0 Å². The van der Waals surface area contributed by atoms with Gasteiger partial charge in [-0.3, -0.25) is 0 Å². The highest BCUT2D eigenvalue weighted by molar-refractivity contribution is 6.24. The number of alkyl halides is 8. The van der Waals surface area contributed by atoms with E-state index in [0.717, 1.165) is 0 Å². The van der Waals surface area contributed by atoms with Crippen LogP contribution < -0.4 is 0 Å². The number of halogens is 8. The molecule has 0 N–H and O–H groups in total. The van der Waals surface area contributed by atoms with Crippen molar-refractivity contribution in [1.82, 2.24) is 0 Å². The molecule has 0 saturated carbocycles. The second kappa shape index (κ2) is 4.13. The van der Waals surface area contributed by atoms with Crippen molar-refractivity contribution in [2.45, 2.75) is 29.5 Å². The Balaban J connectivity index is 4.15. The monoisotopic (exact) mass is 248 g/mol. The van der Waals surface area contributed by atoms with E-state index in [1.54, 1.807) is 0 Å². The van der Waals surface area contributed by atoms with Crippen molar-refractivity contribution in [3.05, 3.63) is 0 Å². The van der Waals surface area contributed by atoms with Crippen LogP contribution in [0.4, 0.5) is 26.3 Å². The molecule has 0 rings (SSSR count). The van der Waals surface area contributed by atoms with E-state index in [-0.39, 0.29) is 0 Å². The summed E-state index contributed by atoms with van der Waals surface area (Å²) < 4.78 is 69.8. The Hall–Kier alpha value is 0.160. The van der Waals surface area contributed by atoms with Gasteiger partial charge in [0.2, 0.25) is 0 Å². The molecule has 0 nitrogen and oxygen atoms in total. The highest BCUT2D eigenvalue weighted by atomic mass is 35.5. The number of rotatable bonds is 2. The summed E-state index contributed by atoms with van der Waals surface area (Å²) in [5.74, 6) is 0. The van der Waals surface area contributed by atoms with Crippen molar-refractivity contribution >= 4 is 23.2 Å². The molecule has 13 heavy (non-hydrogen) atoms. The van der Waals surface area contributed by atoms with E-state index in [2.05, 4.69) is 23.2 Å². The van der Waals surface area contributed by atoms with E-state index < -0.39 is 29.5 Å². The predicted octanol–water partition coefficient (Wildman–Crippen LogP) is 3.72. The van der Waals surface area contributed by atoms with Gasteiger partial charge in [-0.1, -0.05) is 0 Å². The molecule has 0 aromatic rings. The topological polar surface area (TPSA) is 0 Å². The van der Waals surface area contributed by atoms with Crippen molar-refractivity contribution < 1.29 is 26.3 Å². The summed E-state index contributed by atoms with van der Waals surface area (Å²) in [4.78, 5) is 0. The van der Waals surface area contributed by atoms with Crippen LogP contribution >= 0.6 is 23.2 Å². The van der Waals surface area contributed by atoms with E-state index in [1.165, 1.54) is 0 Å². The number of hydrogen-bond acceptors (Lipinski definition) is 0. The minimum Gasteiger partial charge on any atom is -0.169 e. The fraction of sp³-hybridized carbons (Fsp3) is 1.00. The molecule has 0 spiro atoms. The third-order valence-corrected chi connectivity index (χ3v) is 1.98. The fourth-order valence-corrected chi connectivity index (χ4v) is 0.896. The van der Waals surface area contributed by atoms with Crippen LogP contribution in [0.3, 0.4) is 0 Å². The Morgan fingerprint density at radius 2 is 1.00 bits per heavy atom. The molecular weight excluding hydrogens is 245 g/mol. The lowest BCUT2D eigenvalue weighted by molar-refractivity contribution is -0.152. The van der Waals surface area contributed by atoms with Crippen LogP contribution in [0.5, 0.6) is 0 Å². The van der Waals surface area contributed by atoms with Gasteiger partial charge >= 0.3 is 12.4 Å². The molecule has 0 radical (unpaired) electrons. The zero-order valence-electron chi connectivity index (χ0n) is 5.89. The smallest absolute Gasteiger partial charge is 0.169 e. The first kappa shape index (κ1) is 13.2. The lowest BCUT2D eigenvalue weighted by Crippen LogP contribution is -2.32. The first-order valence-corrected chi connectivity index (χ1v) is 3.84. The van der Waals surface area contributed by atoms with Crippen LogP contribution in [0.15, 0.2) is 0 Å². The summed E-state index contributed by atoms with van der Waals surface area (Å²) in [6, 6.07) is 0. The van der Waals surface area contributed by atoms with Gasteiger partial charge in [0.15, 0.2) is 0 Å². The van der Waals surface area contributed by atoms with Gasteiger partial charge in [0.25, 0.3) is 0 Å². The maximum atomic E-state index is 11.6. The normalized spacial score (nSPS) is 18.5. The summed E-state index contributed by atoms with van der Waals surface area (Å²) in [6.45, 7) is 0. The molecule has 80 valence electrons. The van der Waals surface area contributed by atoms with E-state index >= 15 is 0 Å². The molecule has 2 unspecified atom stereocenters. The standard InChI is InChI=1S/C5H4Cl2F6/c6-2(4(8,9)10)1-3(7)5(11,12)13/h2-3H,1H2. The average molecular weight is 249 g/mol. The lowest BCUT2D eigenvalue weighted by Gasteiger charge is -2.18. The minimum absolute atomic E-state index is 1.38. The van der Waals surface area contributed by atoms with Crippen LogP contribution in [-0.4, -0.2) is 23.1 Å². The van der Waals surface area contributed by atoms with Gasteiger partial charge in [0.1, 0.15) is 10.8 Å². The van der Waals surface area contributed by atoms with Crippen LogP contribution in [0, 0.1) is 0 Å². The van der Waals surface area contributed by atoms with Gasteiger partial charge in [-0.25, -0.2) is 0 Å². The maximum absolute atomic E-state index is 11.6. The number of hydrogen-bond donors (Lipinski definition) is 0. The second-order valence-electron chi connectivity index (χ2n) is 2.25. The summed E-state index contributed by atoms with van der Waals surface area (Å²) in [6.07, 6.45) is -11.1. The van der Waals surface area contributed by atoms with Crippen molar-refractivity contribution in [1.29, 1.82) is 0 Å². The Morgan fingerprint density at radius 3 is 1.15 bits per heavy atom. The van der Waals surface area contributed by atoms with Crippen molar-refractivity contribution in [3.8, 4) is 0 Å².